The zero-order chi connectivity index (χ0) is 44.0. The quantitative estimate of drug-likeness (QED) is 0.0256. The van der Waals surface area contributed by atoms with Crippen molar-refractivity contribution >= 4 is 87.0 Å². The van der Waals surface area contributed by atoms with E-state index in [1.54, 1.807) is 24.3 Å². The highest BCUT2D eigenvalue weighted by Crippen LogP contribution is 2.46. The molecule has 332 valence electrons. The van der Waals surface area contributed by atoms with Gasteiger partial charge in [0.25, 0.3) is 43.9 Å². The smallest absolute Gasteiger partial charge is 0.264 e. The Morgan fingerprint density at radius 1 is 0.355 bits per heavy atom. The topological polar surface area (TPSA) is 217 Å². The largest absolute Gasteiger partial charge is 0.377 e. The van der Waals surface area contributed by atoms with E-state index in [1.807, 2.05) is 24.3 Å². The summed E-state index contributed by atoms with van der Waals surface area (Å²) >= 11 is 0. The molecule has 0 aromatic heterocycles. The molecule has 4 amide bonds. The van der Waals surface area contributed by atoms with Crippen molar-refractivity contribution in [2.24, 2.45) is 0 Å². The van der Waals surface area contributed by atoms with Crippen LogP contribution in [0.1, 0.15) is 41.4 Å². The number of rotatable bonds is 26. The van der Waals surface area contributed by atoms with Crippen LogP contribution in [0, 0.1) is 0 Å². The molecule has 0 saturated carbocycles. The minimum atomic E-state index is -3.51. The number of hydrogen-bond donors (Lipinski definition) is 0. The van der Waals surface area contributed by atoms with Gasteiger partial charge in [0.2, 0.25) is 0 Å². The Kier molecular flexibility index (Phi) is 14.4. The standard InChI is InChI=1S/C42H46N2O16S2/c1-61(49,50)59-25-23-57-21-19-55-17-15-53-13-11-43-39(45)31-7-3-27-29-5-9-33-38-34(10-6-30(36(29)38)28-4-8-32(40(43)46)37(31)35(27)28)42(48)44(41(33)47)12-14-54-16-18-56-20-22-58-24-26-60-62(2,51)52/h3-10H,11-26H2,1-2H3. The predicted molar refractivity (Wildman–Crippen MR) is 225 cm³/mol. The summed E-state index contributed by atoms with van der Waals surface area (Å²) < 4.78 is 85.7. The van der Waals surface area contributed by atoms with Crippen molar-refractivity contribution in [3.63, 3.8) is 0 Å². The summed E-state index contributed by atoms with van der Waals surface area (Å²) in [6.07, 6.45) is 1.93. The molecule has 2 heterocycles. The van der Waals surface area contributed by atoms with Crippen molar-refractivity contribution in [2.75, 3.05) is 118 Å². The van der Waals surface area contributed by atoms with Crippen molar-refractivity contribution < 1.29 is 72.8 Å². The Morgan fingerprint density at radius 2 is 0.597 bits per heavy atom. The number of carbonyl (C=O) groups is 4. The normalized spacial score (nSPS) is 14.5. The molecule has 2 aliphatic heterocycles. The van der Waals surface area contributed by atoms with Crippen LogP contribution in [-0.2, 0) is 57.0 Å². The number of amides is 4. The highest BCUT2D eigenvalue weighted by Gasteiger charge is 2.36. The maximum atomic E-state index is 13.9. The Bertz CT molecular complexity index is 2420. The summed E-state index contributed by atoms with van der Waals surface area (Å²) in [6.45, 7) is 2.26. The van der Waals surface area contributed by atoms with Gasteiger partial charge >= 0.3 is 0 Å². The van der Waals surface area contributed by atoms with Crippen LogP contribution in [0.4, 0.5) is 0 Å². The Balaban J connectivity index is 0.960. The zero-order valence-corrected chi connectivity index (χ0v) is 35.8. The lowest BCUT2D eigenvalue weighted by Gasteiger charge is -2.30. The third-order valence-corrected chi connectivity index (χ3v) is 11.5. The molecule has 0 spiro atoms. The number of benzene rings is 5. The number of ether oxygens (including phenoxy) is 6. The summed E-state index contributed by atoms with van der Waals surface area (Å²) in [4.78, 5) is 57.8. The van der Waals surface area contributed by atoms with Crippen molar-refractivity contribution in [3.05, 3.63) is 70.8 Å². The number of nitrogens with zero attached hydrogens (tertiary/aromatic N) is 2. The molecule has 7 rings (SSSR count). The molecule has 0 fully saturated rings. The highest BCUT2D eigenvalue weighted by molar-refractivity contribution is 7.86. The zero-order valence-electron chi connectivity index (χ0n) is 34.2. The van der Waals surface area contributed by atoms with E-state index >= 15 is 0 Å². The second-order valence-corrected chi connectivity index (χ2v) is 17.7. The fourth-order valence-electron chi connectivity index (χ4n) is 7.66. The molecule has 5 aromatic rings. The van der Waals surface area contributed by atoms with E-state index in [0.717, 1.165) is 44.8 Å². The Morgan fingerprint density at radius 3 is 0.855 bits per heavy atom. The number of imide groups is 2. The maximum absolute atomic E-state index is 13.9. The van der Waals surface area contributed by atoms with Gasteiger partial charge in [0.05, 0.1) is 118 Å². The van der Waals surface area contributed by atoms with Gasteiger partial charge < -0.3 is 28.4 Å². The summed E-state index contributed by atoms with van der Waals surface area (Å²) in [5.41, 5.74) is 1.55. The monoisotopic (exact) mass is 898 g/mol. The summed E-state index contributed by atoms with van der Waals surface area (Å²) in [6, 6.07) is 14.3. The van der Waals surface area contributed by atoms with Crippen LogP contribution < -0.4 is 0 Å². The first-order valence-corrected chi connectivity index (χ1v) is 23.5. The second kappa shape index (κ2) is 19.8. The minimum absolute atomic E-state index is 0.0322. The van der Waals surface area contributed by atoms with Crippen molar-refractivity contribution in [1.82, 2.24) is 9.80 Å². The van der Waals surface area contributed by atoms with Gasteiger partial charge in [0.15, 0.2) is 0 Å². The van der Waals surface area contributed by atoms with Crippen LogP contribution in [0.3, 0.4) is 0 Å². The van der Waals surface area contributed by atoms with Gasteiger partial charge in [0.1, 0.15) is 0 Å². The van der Waals surface area contributed by atoms with Gasteiger partial charge in [-0.05, 0) is 56.6 Å². The molecular weight excluding hydrogens is 853 g/mol. The number of hydrogen-bond acceptors (Lipinski definition) is 16. The minimum Gasteiger partial charge on any atom is -0.377 e. The lowest BCUT2D eigenvalue weighted by molar-refractivity contribution is 0.00667. The first kappa shape index (κ1) is 45.3. The summed E-state index contributed by atoms with van der Waals surface area (Å²) in [7, 11) is -7.02. The Hall–Kier alpha value is -4.74. The molecule has 0 radical (unpaired) electrons. The van der Waals surface area contributed by atoms with E-state index in [9.17, 15) is 36.0 Å². The fraction of sp³-hybridized carbons (Fsp3) is 0.429. The van der Waals surface area contributed by atoms with Crippen molar-refractivity contribution in [3.8, 4) is 0 Å². The summed E-state index contributed by atoms with van der Waals surface area (Å²) in [5, 5.41) is 5.75. The molecule has 0 bridgehead atoms. The van der Waals surface area contributed by atoms with Gasteiger partial charge in [-0.1, -0.05) is 24.3 Å². The molecule has 5 aromatic carbocycles. The molecule has 62 heavy (non-hydrogen) atoms. The second-order valence-electron chi connectivity index (χ2n) is 14.4. The average molecular weight is 899 g/mol. The first-order chi connectivity index (χ1) is 29.8. The van der Waals surface area contributed by atoms with Gasteiger partial charge in [-0.25, -0.2) is 0 Å². The molecule has 18 nitrogen and oxygen atoms in total. The summed E-state index contributed by atoms with van der Waals surface area (Å²) in [5.74, 6) is -1.75. The van der Waals surface area contributed by atoms with E-state index in [4.69, 9.17) is 28.4 Å². The van der Waals surface area contributed by atoms with Gasteiger partial charge in [-0.2, -0.15) is 16.8 Å². The molecule has 20 heteroatoms. The molecule has 2 aliphatic rings. The van der Waals surface area contributed by atoms with Crippen LogP contribution in [0.2, 0.25) is 0 Å². The number of carbonyl (C=O) groups excluding carboxylic acids is 4. The van der Waals surface area contributed by atoms with E-state index in [0.29, 0.717) is 33.0 Å². The highest BCUT2D eigenvalue weighted by atomic mass is 32.2. The van der Waals surface area contributed by atoms with Crippen LogP contribution in [0.25, 0.3) is 43.1 Å². The fourth-order valence-corrected chi connectivity index (χ4v) is 8.40. The van der Waals surface area contributed by atoms with Crippen LogP contribution in [0.15, 0.2) is 48.5 Å². The van der Waals surface area contributed by atoms with Crippen LogP contribution >= 0.6 is 0 Å². The van der Waals surface area contributed by atoms with Crippen molar-refractivity contribution in [1.29, 1.82) is 0 Å². The predicted octanol–water partition coefficient (Wildman–Crippen LogP) is 2.98. The maximum Gasteiger partial charge on any atom is 0.264 e. The molecule has 0 N–H and O–H groups in total. The lowest BCUT2D eigenvalue weighted by Crippen LogP contribution is -2.42. The van der Waals surface area contributed by atoms with Gasteiger partial charge in [-0.3, -0.25) is 37.3 Å². The third kappa shape index (κ3) is 10.0. The first-order valence-electron chi connectivity index (χ1n) is 19.8. The van der Waals surface area contributed by atoms with E-state index < -0.39 is 43.9 Å². The van der Waals surface area contributed by atoms with Crippen LogP contribution in [0.5, 0.6) is 0 Å². The Labute approximate surface area is 357 Å². The van der Waals surface area contributed by atoms with E-state index in [2.05, 4.69) is 8.37 Å². The van der Waals surface area contributed by atoms with Gasteiger partial charge in [0, 0.05) is 33.0 Å². The average Bonchev–Trinajstić information content (AvgIpc) is 3.23. The number of fused-ring (bicyclic) bond motifs is 2. The molecular formula is C42H46N2O16S2. The molecule has 0 atom stereocenters. The van der Waals surface area contributed by atoms with Crippen LogP contribution in [-0.4, -0.2) is 168 Å². The molecule has 0 saturated heterocycles. The van der Waals surface area contributed by atoms with Crippen molar-refractivity contribution in [2.45, 2.75) is 0 Å². The molecule has 0 unspecified atom stereocenters. The van der Waals surface area contributed by atoms with E-state index in [1.165, 1.54) is 9.80 Å². The van der Waals surface area contributed by atoms with Gasteiger partial charge in [-0.15, -0.1) is 0 Å². The SMILES string of the molecule is CS(=O)(=O)OCCOCCOCCOCCN1C(=O)c2ccc3c4ccc5c6c(ccc(c7ccc(c2c37)C1=O)c64)C(=O)N(CCOCCOCCOCCOS(C)(=O)=O)C5=O. The third-order valence-electron chi connectivity index (χ3n) is 10.3. The lowest BCUT2D eigenvalue weighted by atomic mass is 9.82. The molecule has 0 aliphatic carbocycles. The van der Waals surface area contributed by atoms with E-state index in [-0.39, 0.29) is 106 Å².